The molecule has 1 amide bonds. The fourth-order valence-electron chi connectivity index (χ4n) is 2.08. The van der Waals surface area contributed by atoms with Gasteiger partial charge in [0.1, 0.15) is 5.75 Å². The van der Waals surface area contributed by atoms with Gasteiger partial charge in [0.05, 0.1) is 25.3 Å². The van der Waals surface area contributed by atoms with E-state index in [1.165, 1.54) is 0 Å². The summed E-state index contributed by atoms with van der Waals surface area (Å²) in [5.74, 6) is 0.138. The number of carbonyl (C=O) groups excluding carboxylic acids is 1. The van der Waals surface area contributed by atoms with Gasteiger partial charge in [-0.2, -0.15) is 0 Å². The molecule has 4 heteroatoms. The number of methoxy groups -OCH3 is 1. The Morgan fingerprint density at radius 3 is 2.47 bits per heavy atom. The molecule has 0 radical (unpaired) electrons. The number of carbonyl (C=O) groups is 1. The molecule has 1 rings (SSSR count). The number of benzene rings is 1. The molecule has 106 valence electrons. The van der Waals surface area contributed by atoms with Gasteiger partial charge in [-0.05, 0) is 43.9 Å². The minimum atomic E-state index is -0.384. The number of aryl methyl sites for hydroxylation is 2. The molecular formula is C15H23NO3. The maximum absolute atomic E-state index is 12.1. The van der Waals surface area contributed by atoms with Crippen molar-refractivity contribution < 1.29 is 14.6 Å². The molecule has 0 heterocycles. The van der Waals surface area contributed by atoms with Gasteiger partial charge in [-0.1, -0.05) is 13.0 Å². The summed E-state index contributed by atoms with van der Waals surface area (Å²) in [6.07, 6.45) is 0.606. The molecule has 1 aromatic carbocycles. The third-order valence-corrected chi connectivity index (χ3v) is 3.52. The molecule has 0 spiro atoms. The summed E-state index contributed by atoms with van der Waals surface area (Å²) in [7, 11) is 1.60. The fraction of sp³-hybridized carbons (Fsp3) is 0.533. The number of nitrogens with one attached hydrogen (secondary N) is 1. The Hall–Kier alpha value is -1.55. The zero-order chi connectivity index (χ0) is 14.6. The largest absolute Gasteiger partial charge is 0.494 e. The highest BCUT2D eigenvalue weighted by Gasteiger charge is 2.19. The van der Waals surface area contributed by atoms with Crippen LogP contribution in [0.1, 0.15) is 30.0 Å². The van der Waals surface area contributed by atoms with Crippen LogP contribution >= 0.6 is 0 Å². The summed E-state index contributed by atoms with van der Waals surface area (Å²) in [4.78, 5) is 12.1. The average Bonchev–Trinajstić information content (AvgIpc) is 2.37. The van der Waals surface area contributed by atoms with E-state index in [9.17, 15) is 9.90 Å². The van der Waals surface area contributed by atoms with Gasteiger partial charge in [0.2, 0.25) is 5.91 Å². The molecule has 0 saturated heterocycles. The zero-order valence-electron chi connectivity index (χ0n) is 12.3. The molecular weight excluding hydrogens is 242 g/mol. The summed E-state index contributed by atoms with van der Waals surface area (Å²) in [5.41, 5.74) is 3.80. The Bertz CT molecular complexity index is 465. The van der Waals surface area contributed by atoms with Crippen LogP contribution in [-0.2, 0) is 4.79 Å². The lowest BCUT2D eigenvalue weighted by Crippen LogP contribution is -2.25. The van der Waals surface area contributed by atoms with Gasteiger partial charge in [-0.3, -0.25) is 4.79 Å². The van der Waals surface area contributed by atoms with E-state index in [1.807, 2.05) is 33.8 Å². The van der Waals surface area contributed by atoms with Gasteiger partial charge in [-0.25, -0.2) is 0 Å². The van der Waals surface area contributed by atoms with E-state index in [-0.39, 0.29) is 18.4 Å². The Morgan fingerprint density at radius 2 is 2.00 bits per heavy atom. The molecule has 2 N–H and O–H groups in total. The molecule has 0 saturated carbocycles. The first-order valence-corrected chi connectivity index (χ1v) is 6.52. The van der Waals surface area contributed by atoms with Crippen LogP contribution in [0.3, 0.4) is 0 Å². The minimum absolute atomic E-state index is 0.144. The average molecular weight is 265 g/mol. The van der Waals surface area contributed by atoms with Gasteiger partial charge >= 0.3 is 0 Å². The Kier molecular flexibility index (Phi) is 5.36. The van der Waals surface area contributed by atoms with Crippen molar-refractivity contribution in [1.29, 1.82) is 0 Å². The van der Waals surface area contributed by atoms with Crippen molar-refractivity contribution >= 4 is 11.6 Å². The molecule has 0 aliphatic rings. The summed E-state index contributed by atoms with van der Waals surface area (Å²) in [5, 5.41) is 12.1. The quantitative estimate of drug-likeness (QED) is 0.860. The third-order valence-electron chi connectivity index (χ3n) is 3.52. The van der Waals surface area contributed by atoms with Crippen molar-refractivity contribution in [3.05, 3.63) is 22.8 Å². The molecule has 19 heavy (non-hydrogen) atoms. The number of aliphatic hydroxyl groups excluding tert-OH is 1. The van der Waals surface area contributed by atoms with Gasteiger partial charge < -0.3 is 15.2 Å². The number of anilines is 1. The van der Waals surface area contributed by atoms with E-state index in [2.05, 4.69) is 5.32 Å². The van der Waals surface area contributed by atoms with E-state index in [4.69, 9.17) is 4.74 Å². The maximum atomic E-state index is 12.1. The molecule has 0 fully saturated rings. The van der Waals surface area contributed by atoms with Crippen molar-refractivity contribution in [2.75, 3.05) is 19.0 Å². The molecule has 0 aliphatic carbocycles. The summed E-state index contributed by atoms with van der Waals surface area (Å²) < 4.78 is 5.41. The first-order valence-electron chi connectivity index (χ1n) is 6.52. The molecule has 0 aliphatic heterocycles. The first kappa shape index (κ1) is 15.5. The molecule has 0 bridgehead atoms. The van der Waals surface area contributed by atoms with E-state index in [0.717, 1.165) is 16.7 Å². The molecule has 4 nitrogen and oxygen atoms in total. The van der Waals surface area contributed by atoms with Gasteiger partial charge in [0.25, 0.3) is 0 Å². The number of aliphatic hydroxyl groups is 1. The Labute approximate surface area is 114 Å². The number of hydrogen-bond donors (Lipinski definition) is 2. The smallest absolute Gasteiger partial charge is 0.229 e. The zero-order valence-corrected chi connectivity index (χ0v) is 12.3. The standard InChI is InChI=1S/C15H23NO3/c1-6-12(8-17)15(18)16-13-10(3)7-9(2)11(4)14(13)19-5/h7,12,17H,6,8H2,1-5H3,(H,16,18). The number of amides is 1. The highest BCUT2D eigenvalue weighted by atomic mass is 16.5. The van der Waals surface area contributed by atoms with Crippen LogP contribution in [0, 0.1) is 26.7 Å². The second kappa shape index (κ2) is 6.57. The number of hydrogen-bond acceptors (Lipinski definition) is 3. The lowest BCUT2D eigenvalue weighted by atomic mass is 10.0. The van der Waals surface area contributed by atoms with Crippen molar-refractivity contribution in [1.82, 2.24) is 0 Å². The monoisotopic (exact) mass is 265 g/mol. The second-order valence-electron chi connectivity index (χ2n) is 4.82. The number of rotatable bonds is 5. The van der Waals surface area contributed by atoms with Crippen LogP contribution in [0.5, 0.6) is 5.75 Å². The van der Waals surface area contributed by atoms with Crippen molar-refractivity contribution in [2.24, 2.45) is 5.92 Å². The van der Waals surface area contributed by atoms with Crippen molar-refractivity contribution in [3.63, 3.8) is 0 Å². The van der Waals surface area contributed by atoms with Crippen molar-refractivity contribution in [2.45, 2.75) is 34.1 Å². The summed E-state index contributed by atoms with van der Waals surface area (Å²) in [6, 6.07) is 2.02. The topological polar surface area (TPSA) is 58.6 Å². The van der Waals surface area contributed by atoms with Gasteiger partial charge in [0.15, 0.2) is 0 Å². The molecule has 1 aromatic rings. The summed E-state index contributed by atoms with van der Waals surface area (Å²) >= 11 is 0. The van der Waals surface area contributed by atoms with Crippen LogP contribution in [0.4, 0.5) is 5.69 Å². The lowest BCUT2D eigenvalue weighted by Gasteiger charge is -2.19. The van der Waals surface area contributed by atoms with E-state index < -0.39 is 0 Å². The lowest BCUT2D eigenvalue weighted by molar-refractivity contribution is -0.121. The van der Waals surface area contributed by atoms with Crippen LogP contribution in [-0.4, -0.2) is 24.7 Å². The van der Waals surface area contributed by atoms with Gasteiger partial charge in [-0.15, -0.1) is 0 Å². The SMILES string of the molecule is CCC(CO)C(=O)Nc1c(C)cc(C)c(C)c1OC. The van der Waals surface area contributed by atoms with Crippen LogP contribution < -0.4 is 10.1 Å². The predicted octanol–water partition coefficient (Wildman–Crippen LogP) is 2.58. The first-order chi connectivity index (χ1) is 8.96. The highest BCUT2D eigenvalue weighted by molar-refractivity contribution is 5.95. The predicted molar refractivity (Wildman–Crippen MR) is 76.7 cm³/mol. The minimum Gasteiger partial charge on any atom is -0.494 e. The Morgan fingerprint density at radius 1 is 1.37 bits per heavy atom. The highest BCUT2D eigenvalue weighted by Crippen LogP contribution is 2.34. The van der Waals surface area contributed by atoms with E-state index >= 15 is 0 Å². The summed E-state index contributed by atoms with van der Waals surface area (Å²) in [6.45, 7) is 7.65. The van der Waals surface area contributed by atoms with E-state index in [0.29, 0.717) is 17.9 Å². The van der Waals surface area contributed by atoms with E-state index in [1.54, 1.807) is 7.11 Å². The normalized spacial score (nSPS) is 12.1. The Balaban J connectivity index is 3.14. The fourth-order valence-corrected chi connectivity index (χ4v) is 2.08. The van der Waals surface area contributed by atoms with Crippen LogP contribution in [0.2, 0.25) is 0 Å². The van der Waals surface area contributed by atoms with Crippen molar-refractivity contribution in [3.8, 4) is 5.75 Å². The van der Waals surface area contributed by atoms with Gasteiger partial charge in [0, 0.05) is 0 Å². The van der Waals surface area contributed by atoms with Crippen LogP contribution in [0.25, 0.3) is 0 Å². The third kappa shape index (κ3) is 3.26. The molecule has 1 atom stereocenters. The molecule has 1 unspecified atom stereocenters. The maximum Gasteiger partial charge on any atom is 0.229 e. The second-order valence-corrected chi connectivity index (χ2v) is 4.82. The number of ether oxygens (including phenoxy) is 1. The molecule has 0 aromatic heterocycles. The van der Waals surface area contributed by atoms with Crippen LogP contribution in [0.15, 0.2) is 6.07 Å².